The van der Waals surface area contributed by atoms with Crippen molar-refractivity contribution in [3.63, 3.8) is 0 Å². The van der Waals surface area contributed by atoms with Gasteiger partial charge in [-0.3, -0.25) is 4.31 Å². The molecule has 6 heteroatoms. The number of halogens is 2. The topological polar surface area (TPSA) is 37.4 Å². The van der Waals surface area contributed by atoms with Crippen LogP contribution in [0.15, 0.2) is 36.4 Å². The minimum absolute atomic E-state index is 0.210. The molecule has 2 aromatic carbocycles. The summed E-state index contributed by atoms with van der Waals surface area (Å²) in [5.41, 5.74) is 3.30. The lowest BCUT2D eigenvalue weighted by Crippen LogP contribution is -2.30. The van der Waals surface area contributed by atoms with Crippen molar-refractivity contribution in [1.82, 2.24) is 0 Å². The molecule has 0 unspecified atom stereocenters. The average molecular weight is 358 g/mol. The molecule has 0 spiro atoms. The Morgan fingerprint density at radius 2 is 1.59 bits per heavy atom. The molecule has 0 aliphatic rings. The lowest BCUT2D eigenvalue weighted by atomic mass is 10.1. The fourth-order valence-electron chi connectivity index (χ4n) is 2.36. The van der Waals surface area contributed by atoms with Crippen LogP contribution < -0.4 is 4.31 Å². The zero-order valence-corrected chi connectivity index (χ0v) is 14.9. The number of hydrogen-bond acceptors (Lipinski definition) is 2. The summed E-state index contributed by atoms with van der Waals surface area (Å²) in [6.07, 6.45) is 1.20. The third kappa shape index (κ3) is 3.75. The number of sulfonamides is 1. The van der Waals surface area contributed by atoms with E-state index in [2.05, 4.69) is 0 Å². The van der Waals surface area contributed by atoms with Crippen LogP contribution >= 0.6 is 23.2 Å². The van der Waals surface area contributed by atoms with Gasteiger partial charge < -0.3 is 0 Å². The van der Waals surface area contributed by atoms with Crippen LogP contribution in [0.5, 0.6) is 0 Å². The highest BCUT2D eigenvalue weighted by molar-refractivity contribution is 7.92. The quantitative estimate of drug-likeness (QED) is 0.803. The van der Waals surface area contributed by atoms with Crippen molar-refractivity contribution in [2.75, 3.05) is 10.6 Å². The zero-order chi connectivity index (χ0) is 16.5. The van der Waals surface area contributed by atoms with E-state index in [1.807, 2.05) is 32.0 Å². The molecule has 0 amide bonds. The van der Waals surface area contributed by atoms with E-state index in [9.17, 15) is 8.42 Å². The minimum Gasteiger partial charge on any atom is -0.266 e. The molecule has 0 bridgehead atoms. The molecule has 0 aliphatic carbocycles. The summed E-state index contributed by atoms with van der Waals surface area (Å²) in [5, 5.41) is 0.859. The van der Waals surface area contributed by atoms with E-state index in [0.717, 1.165) is 16.7 Å². The van der Waals surface area contributed by atoms with Gasteiger partial charge in [-0.05, 0) is 42.7 Å². The third-order valence-corrected chi connectivity index (χ3v) is 5.25. The van der Waals surface area contributed by atoms with Crippen molar-refractivity contribution in [1.29, 1.82) is 0 Å². The summed E-state index contributed by atoms with van der Waals surface area (Å²) in [7, 11) is -3.43. The summed E-state index contributed by atoms with van der Waals surface area (Å²) >= 11 is 11.9. The van der Waals surface area contributed by atoms with E-state index >= 15 is 0 Å². The number of anilines is 1. The number of nitrogens with zero attached hydrogens (tertiary/aromatic N) is 1. The predicted molar refractivity (Wildman–Crippen MR) is 93.4 cm³/mol. The fourth-order valence-corrected chi connectivity index (χ4v) is 3.69. The molecule has 0 saturated carbocycles. The van der Waals surface area contributed by atoms with E-state index in [4.69, 9.17) is 23.2 Å². The minimum atomic E-state index is -3.43. The van der Waals surface area contributed by atoms with E-state index in [1.165, 1.54) is 10.6 Å². The first-order chi connectivity index (χ1) is 10.2. The second-order valence-corrected chi connectivity index (χ2v) is 7.98. The van der Waals surface area contributed by atoms with Gasteiger partial charge in [0.15, 0.2) is 0 Å². The van der Waals surface area contributed by atoms with Crippen molar-refractivity contribution < 1.29 is 8.42 Å². The summed E-state index contributed by atoms with van der Waals surface area (Å²) < 4.78 is 25.9. The van der Waals surface area contributed by atoms with Gasteiger partial charge in [-0.25, -0.2) is 8.42 Å². The molecule has 118 valence electrons. The Bertz CT molecular complexity index is 784. The van der Waals surface area contributed by atoms with Gasteiger partial charge in [0.1, 0.15) is 0 Å². The molecule has 2 rings (SSSR count). The van der Waals surface area contributed by atoms with Crippen LogP contribution in [-0.4, -0.2) is 14.7 Å². The smallest absolute Gasteiger partial charge is 0.232 e. The monoisotopic (exact) mass is 357 g/mol. The summed E-state index contributed by atoms with van der Waals surface area (Å²) in [6.45, 7) is 4.01. The first-order valence-corrected chi connectivity index (χ1v) is 9.28. The first kappa shape index (κ1) is 17.1. The van der Waals surface area contributed by atoms with Crippen molar-refractivity contribution in [2.24, 2.45) is 0 Å². The van der Waals surface area contributed by atoms with Crippen LogP contribution in [-0.2, 0) is 16.6 Å². The Labute approximate surface area is 141 Å². The second kappa shape index (κ2) is 6.49. The number of benzene rings is 2. The standard InChI is InChI=1S/C16H17Cl2NO2S/c1-11-5-4-6-12(2)16(11)19(22(3,20)21)10-13-7-8-14(17)15(18)9-13/h4-9H,10H2,1-3H3. The SMILES string of the molecule is Cc1cccc(C)c1N(Cc1ccc(Cl)c(Cl)c1)S(C)(=O)=O. The summed E-state index contributed by atoms with van der Waals surface area (Å²) in [4.78, 5) is 0. The molecule has 22 heavy (non-hydrogen) atoms. The molecule has 0 atom stereocenters. The number of rotatable bonds is 4. The summed E-state index contributed by atoms with van der Waals surface area (Å²) in [5.74, 6) is 0. The molecule has 2 aromatic rings. The predicted octanol–water partition coefficient (Wildman–Crippen LogP) is 4.58. The van der Waals surface area contributed by atoms with Crippen LogP contribution in [0.2, 0.25) is 10.0 Å². The van der Waals surface area contributed by atoms with Gasteiger partial charge in [0.25, 0.3) is 0 Å². The van der Waals surface area contributed by atoms with E-state index < -0.39 is 10.0 Å². The highest BCUT2D eigenvalue weighted by atomic mass is 35.5. The number of para-hydroxylation sites is 1. The van der Waals surface area contributed by atoms with Crippen molar-refractivity contribution in [2.45, 2.75) is 20.4 Å². The molecular weight excluding hydrogens is 341 g/mol. The van der Waals surface area contributed by atoms with Gasteiger partial charge in [0.2, 0.25) is 10.0 Å². The van der Waals surface area contributed by atoms with Crippen LogP contribution in [0.4, 0.5) is 5.69 Å². The van der Waals surface area contributed by atoms with E-state index in [1.54, 1.807) is 18.2 Å². The molecular formula is C16H17Cl2NO2S. The summed E-state index contributed by atoms with van der Waals surface area (Å²) in [6, 6.07) is 10.8. The number of hydrogen-bond donors (Lipinski definition) is 0. The molecule has 0 aliphatic heterocycles. The fraction of sp³-hybridized carbons (Fsp3) is 0.250. The van der Waals surface area contributed by atoms with Crippen LogP contribution in [0.25, 0.3) is 0 Å². The molecule has 0 fully saturated rings. The highest BCUT2D eigenvalue weighted by Crippen LogP contribution is 2.30. The van der Waals surface area contributed by atoms with E-state index in [-0.39, 0.29) is 6.54 Å². The highest BCUT2D eigenvalue weighted by Gasteiger charge is 2.21. The normalized spacial score (nSPS) is 11.5. The Morgan fingerprint density at radius 3 is 2.09 bits per heavy atom. The lowest BCUT2D eigenvalue weighted by Gasteiger charge is -2.26. The van der Waals surface area contributed by atoms with Crippen LogP contribution in [0.3, 0.4) is 0 Å². The van der Waals surface area contributed by atoms with Crippen molar-refractivity contribution in [3.8, 4) is 0 Å². The maximum Gasteiger partial charge on any atom is 0.232 e. The van der Waals surface area contributed by atoms with Gasteiger partial charge in [0, 0.05) is 0 Å². The molecule has 0 aromatic heterocycles. The first-order valence-electron chi connectivity index (χ1n) is 6.68. The zero-order valence-electron chi connectivity index (χ0n) is 12.6. The van der Waals surface area contributed by atoms with Crippen molar-refractivity contribution >= 4 is 38.9 Å². The molecule has 0 N–H and O–H groups in total. The Balaban J connectivity index is 2.50. The van der Waals surface area contributed by atoms with Gasteiger partial charge in [-0.2, -0.15) is 0 Å². The van der Waals surface area contributed by atoms with Crippen LogP contribution in [0.1, 0.15) is 16.7 Å². The second-order valence-electron chi connectivity index (χ2n) is 5.26. The Morgan fingerprint density at radius 1 is 1.00 bits per heavy atom. The lowest BCUT2D eigenvalue weighted by molar-refractivity contribution is 0.596. The molecule has 0 heterocycles. The van der Waals surface area contributed by atoms with Crippen LogP contribution in [0, 0.1) is 13.8 Å². The average Bonchev–Trinajstić information content (AvgIpc) is 2.40. The van der Waals surface area contributed by atoms with Gasteiger partial charge in [-0.1, -0.05) is 47.5 Å². The number of aryl methyl sites for hydroxylation is 2. The van der Waals surface area contributed by atoms with Gasteiger partial charge >= 0.3 is 0 Å². The van der Waals surface area contributed by atoms with Gasteiger partial charge in [0.05, 0.1) is 28.5 Å². The third-order valence-electron chi connectivity index (χ3n) is 3.40. The Kier molecular flexibility index (Phi) is 5.05. The molecule has 3 nitrogen and oxygen atoms in total. The van der Waals surface area contributed by atoms with Gasteiger partial charge in [-0.15, -0.1) is 0 Å². The van der Waals surface area contributed by atoms with E-state index in [0.29, 0.717) is 15.7 Å². The molecule has 0 saturated heterocycles. The Hall–Kier alpha value is -1.23. The maximum absolute atomic E-state index is 12.3. The largest absolute Gasteiger partial charge is 0.266 e. The maximum atomic E-state index is 12.3. The molecule has 0 radical (unpaired) electrons. The van der Waals surface area contributed by atoms with Crippen molar-refractivity contribution in [3.05, 3.63) is 63.1 Å².